The van der Waals surface area contributed by atoms with Crippen LogP contribution in [0.1, 0.15) is 44.9 Å². The number of hydrogen-bond acceptors (Lipinski definition) is 6. The smallest absolute Gasteiger partial charge is 0.237 e. The average molecular weight is 492 g/mol. The fraction of sp³-hybridized carbons (Fsp3) is 0.407. The number of phenols is 1. The Morgan fingerprint density at radius 2 is 1.71 bits per heavy atom. The number of pyridine rings is 1. The first kappa shape index (κ1) is 22.5. The number of hydrogen-bond donors (Lipinski definition) is 3. The highest BCUT2D eigenvalue weighted by Gasteiger charge is 2.48. The molecule has 1 spiro atoms. The number of hydrazine groups is 1. The van der Waals surface area contributed by atoms with Crippen LogP contribution in [-0.4, -0.2) is 35.2 Å². The minimum Gasteiger partial charge on any atom is -0.505 e. The van der Waals surface area contributed by atoms with Crippen molar-refractivity contribution in [1.29, 1.82) is 0 Å². The molecule has 35 heavy (non-hydrogen) atoms. The van der Waals surface area contributed by atoms with Gasteiger partial charge in [-0.1, -0.05) is 24.3 Å². The molecule has 3 fully saturated rings. The van der Waals surface area contributed by atoms with Gasteiger partial charge in [0.2, 0.25) is 5.91 Å². The largest absolute Gasteiger partial charge is 0.505 e. The van der Waals surface area contributed by atoms with Crippen LogP contribution in [0.3, 0.4) is 0 Å². The van der Waals surface area contributed by atoms with Crippen LogP contribution in [0, 0.1) is 11.8 Å². The molecule has 182 valence electrons. The third-order valence-electron chi connectivity index (χ3n) is 8.16. The van der Waals surface area contributed by atoms with E-state index in [1.54, 1.807) is 30.5 Å². The highest BCUT2D eigenvalue weighted by molar-refractivity contribution is 7.92. The summed E-state index contributed by atoms with van der Waals surface area (Å²) < 4.78 is 26.9. The van der Waals surface area contributed by atoms with Crippen molar-refractivity contribution in [3.05, 3.63) is 54.7 Å². The normalized spacial score (nSPS) is 27.1. The summed E-state index contributed by atoms with van der Waals surface area (Å²) in [6.45, 7) is 0. The van der Waals surface area contributed by atoms with Gasteiger partial charge in [-0.25, -0.2) is 13.8 Å². The molecule has 2 aromatic carbocycles. The molecule has 1 amide bonds. The maximum absolute atomic E-state index is 13.4. The molecule has 2 heterocycles. The number of benzene rings is 2. The van der Waals surface area contributed by atoms with Gasteiger partial charge in [-0.2, -0.15) is 0 Å². The third-order valence-corrected chi connectivity index (χ3v) is 10.4. The van der Waals surface area contributed by atoms with Crippen molar-refractivity contribution in [2.75, 3.05) is 0 Å². The first-order valence-corrected chi connectivity index (χ1v) is 13.9. The zero-order valence-electron chi connectivity index (χ0n) is 19.4. The monoisotopic (exact) mass is 491 g/mol. The number of rotatable bonds is 4. The maximum atomic E-state index is 13.4. The number of carbonyl (C=O) groups is 1. The third kappa shape index (κ3) is 3.98. The molecular formula is C27H29N3O4S. The highest BCUT2D eigenvalue weighted by Crippen LogP contribution is 2.46. The number of phenolic OH excluding ortho intramolecular Hbond substituents is 1. The molecule has 1 saturated heterocycles. The van der Waals surface area contributed by atoms with E-state index in [1.807, 2.05) is 24.3 Å². The van der Waals surface area contributed by atoms with Crippen molar-refractivity contribution >= 4 is 26.6 Å². The molecule has 8 heteroatoms. The molecule has 6 rings (SSSR count). The van der Waals surface area contributed by atoms with Gasteiger partial charge in [-0.15, -0.1) is 0 Å². The van der Waals surface area contributed by atoms with Crippen molar-refractivity contribution in [2.45, 2.75) is 60.6 Å². The van der Waals surface area contributed by atoms with Gasteiger partial charge in [0.15, 0.2) is 9.84 Å². The summed E-state index contributed by atoms with van der Waals surface area (Å²) in [5, 5.41) is 11.1. The van der Waals surface area contributed by atoms with Crippen molar-refractivity contribution in [3.8, 4) is 16.9 Å². The van der Waals surface area contributed by atoms with Crippen molar-refractivity contribution < 1.29 is 18.3 Å². The van der Waals surface area contributed by atoms with E-state index in [0.29, 0.717) is 34.7 Å². The predicted octanol–water partition coefficient (Wildman–Crippen LogP) is 4.11. The predicted molar refractivity (Wildman–Crippen MR) is 133 cm³/mol. The van der Waals surface area contributed by atoms with Gasteiger partial charge >= 0.3 is 0 Å². The first-order chi connectivity index (χ1) is 16.9. The summed E-state index contributed by atoms with van der Waals surface area (Å²) in [7, 11) is -3.48. The number of aromatic nitrogens is 1. The van der Waals surface area contributed by atoms with E-state index < -0.39 is 15.1 Å². The van der Waals surface area contributed by atoms with Gasteiger partial charge in [-0.3, -0.25) is 15.2 Å². The fourth-order valence-corrected chi connectivity index (χ4v) is 7.65. The summed E-state index contributed by atoms with van der Waals surface area (Å²) in [6, 6.07) is 14.2. The zero-order valence-corrected chi connectivity index (χ0v) is 20.2. The molecule has 0 radical (unpaired) electrons. The Morgan fingerprint density at radius 3 is 2.43 bits per heavy atom. The Bertz CT molecular complexity index is 1390. The average Bonchev–Trinajstić information content (AvgIpc) is 3.72. The summed E-state index contributed by atoms with van der Waals surface area (Å²) in [5.41, 5.74) is 7.79. The first-order valence-electron chi connectivity index (χ1n) is 12.3. The molecule has 7 nitrogen and oxygen atoms in total. The van der Waals surface area contributed by atoms with E-state index in [4.69, 9.17) is 0 Å². The van der Waals surface area contributed by atoms with E-state index in [-0.39, 0.29) is 23.1 Å². The Kier molecular flexibility index (Phi) is 5.34. The van der Waals surface area contributed by atoms with Crippen LogP contribution in [-0.2, 0) is 14.6 Å². The van der Waals surface area contributed by atoms with Crippen molar-refractivity contribution in [2.24, 2.45) is 11.8 Å². The van der Waals surface area contributed by atoms with Crippen LogP contribution >= 0.6 is 0 Å². The van der Waals surface area contributed by atoms with Gasteiger partial charge in [0.1, 0.15) is 11.3 Å². The van der Waals surface area contributed by atoms with E-state index in [0.717, 1.165) is 43.1 Å². The molecule has 1 unspecified atom stereocenters. The van der Waals surface area contributed by atoms with Crippen LogP contribution in [0.25, 0.3) is 22.0 Å². The lowest BCUT2D eigenvalue weighted by atomic mass is 9.73. The fourth-order valence-electron chi connectivity index (χ4n) is 5.89. The molecule has 2 aliphatic carbocycles. The molecule has 3 N–H and O–H groups in total. The second kappa shape index (κ2) is 8.31. The number of nitrogens with one attached hydrogen (secondary N) is 2. The van der Waals surface area contributed by atoms with Gasteiger partial charge in [0.05, 0.1) is 10.1 Å². The number of aromatic hydroxyl groups is 1. The maximum Gasteiger partial charge on any atom is 0.237 e. The van der Waals surface area contributed by atoms with Gasteiger partial charge in [-0.05, 0) is 80.7 Å². The van der Waals surface area contributed by atoms with Gasteiger partial charge in [0.25, 0.3) is 0 Å². The number of carbonyl (C=O) groups excluding carboxylic acids is 1. The minimum atomic E-state index is -3.48. The highest BCUT2D eigenvalue weighted by atomic mass is 32.2. The van der Waals surface area contributed by atoms with Crippen LogP contribution in [0.2, 0.25) is 0 Å². The Balaban J connectivity index is 1.18. The summed E-state index contributed by atoms with van der Waals surface area (Å²) in [5.74, 6) is 0.722. The molecule has 3 aliphatic rings. The van der Waals surface area contributed by atoms with Crippen LogP contribution in [0.4, 0.5) is 0 Å². The number of sulfone groups is 1. The Morgan fingerprint density at radius 1 is 0.971 bits per heavy atom. The molecular weight excluding hydrogens is 462 g/mol. The summed E-state index contributed by atoms with van der Waals surface area (Å²) in [6.07, 6.45) is 7.28. The van der Waals surface area contributed by atoms with Crippen molar-refractivity contribution in [3.63, 3.8) is 0 Å². The Labute approximate surface area is 204 Å². The van der Waals surface area contributed by atoms with Crippen LogP contribution in [0.15, 0.2) is 59.6 Å². The van der Waals surface area contributed by atoms with E-state index in [2.05, 4.69) is 15.8 Å². The number of nitrogens with zero attached hydrogens (tertiary/aromatic N) is 1. The second-order valence-electron chi connectivity index (χ2n) is 10.3. The summed E-state index contributed by atoms with van der Waals surface area (Å²) >= 11 is 0. The van der Waals surface area contributed by atoms with Crippen molar-refractivity contribution in [1.82, 2.24) is 15.8 Å². The molecule has 1 aliphatic heterocycles. The van der Waals surface area contributed by atoms with Crippen LogP contribution in [0.5, 0.6) is 5.75 Å². The lowest BCUT2D eigenvalue weighted by Gasteiger charge is -2.45. The molecule has 3 aromatic rings. The minimum absolute atomic E-state index is 0.0543. The molecule has 2 saturated carbocycles. The standard InChI is InChI=1S/C27H29N3O4S/c31-25-22(10-7-19-2-1-15-28-24(19)25)17-5-8-20(9-6-17)35(33,34)21-11-13-27(14-12-21)16-23(18-3-4-18)26(32)29-30-27/h1-2,5-10,15,18,21,23,30-31H,3-4,11-14,16H2,(H,29,32). The van der Waals surface area contributed by atoms with Gasteiger partial charge < -0.3 is 5.11 Å². The van der Waals surface area contributed by atoms with E-state index in [9.17, 15) is 18.3 Å². The lowest BCUT2D eigenvalue weighted by molar-refractivity contribution is -0.132. The molecule has 1 atom stereocenters. The van der Waals surface area contributed by atoms with Gasteiger partial charge in [0, 0.05) is 28.6 Å². The number of fused-ring (bicyclic) bond motifs is 1. The Hall–Kier alpha value is -2.97. The summed E-state index contributed by atoms with van der Waals surface area (Å²) in [4.78, 5) is 16.8. The zero-order chi connectivity index (χ0) is 24.2. The molecule has 0 bridgehead atoms. The lowest BCUT2D eigenvalue weighted by Crippen LogP contribution is -2.63. The number of amides is 1. The van der Waals surface area contributed by atoms with E-state index >= 15 is 0 Å². The second-order valence-corrected chi connectivity index (χ2v) is 12.6. The molecule has 1 aromatic heterocycles. The van der Waals surface area contributed by atoms with E-state index in [1.165, 1.54) is 0 Å². The quantitative estimate of drug-likeness (QED) is 0.507. The topological polar surface area (TPSA) is 108 Å². The SMILES string of the molecule is O=C1NNC2(CCC(S(=O)(=O)c3ccc(-c4ccc5cccnc5c4O)cc3)CC2)CC1C1CC1. The van der Waals surface area contributed by atoms with Crippen LogP contribution < -0.4 is 10.9 Å².